The van der Waals surface area contributed by atoms with Gasteiger partial charge >= 0.3 is 0 Å². The maximum absolute atomic E-state index is 12.0. The average Bonchev–Trinajstić information content (AvgIpc) is 3.07. The zero-order valence-electron chi connectivity index (χ0n) is 10.9. The van der Waals surface area contributed by atoms with Gasteiger partial charge in [-0.15, -0.1) is 11.8 Å². The SMILES string of the molecule is CCc1nn2c(=O)cc(CSCc3ccco3)nc2s1. The Bertz CT molecular complexity index is 762. The Hall–Kier alpha value is -1.60. The molecule has 20 heavy (non-hydrogen) atoms. The first-order chi connectivity index (χ1) is 9.76. The molecular formula is C13H13N3O2S2. The summed E-state index contributed by atoms with van der Waals surface area (Å²) >= 11 is 3.14. The number of hydrogen-bond donors (Lipinski definition) is 0. The van der Waals surface area contributed by atoms with Crippen LogP contribution >= 0.6 is 23.1 Å². The third kappa shape index (κ3) is 2.78. The number of thioether (sulfide) groups is 1. The van der Waals surface area contributed by atoms with Crippen LogP contribution in [0.2, 0.25) is 0 Å². The van der Waals surface area contributed by atoms with Crippen molar-refractivity contribution >= 4 is 28.1 Å². The minimum Gasteiger partial charge on any atom is -0.468 e. The van der Waals surface area contributed by atoms with Crippen LogP contribution in [0, 0.1) is 0 Å². The summed E-state index contributed by atoms with van der Waals surface area (Å²) in [5, 5.41) is 5.16. The van der Waals surface area contributed by atoms with Crippen LogP contribution in [0.25, 0.3) is 4.96 Å². The molecule has 5 nitrogen and oxygen atoms in total. The molecule has 3 heterocycles. The van der Waals surface area contributed by atoms with Crippen LogP contribution in [0.5, 0.6) is 0 Å². The van der Waals surface area contributed by atoms with Crippen molar-refractivity contribution in [2.75, 3.05) is 0 Å². The van der Waals surface area contributed by atoms with Crippen LogP contribution in [0.15, 0.2) is 33.7 Å². The molecule has 3 aromatic heterocycles. The van der Waals surface area contributed by atoms with E-state index in [-0.39, 0.29) is 5.56 Å². The molecule has 0 fully saturated rings. The summed E-state index contributed by atoms with van der Waals surface area (Å²) in [4.78, 5) is 17.1. The van der Waals surface area contributed by atoms with Crippen molar-refractivity contribution in [2.45, 2.75) is 24.9 Å². The van der Waals surface area contributed by atoms with Crippen LogP contribution in [-0.4, -0.2) is 14.6 Å². The molecule has 7 heteroatoms. The predicted octanol–water partition coefficient (Wildman–Crippen LogP) is 2.74. The first-order valence-corrected chi connectivity index (χ1v) is 8.22. The van der Waals surface area contributed by atoms with Gasteiger partial charge in [0.15, 0.2) is 0 Å². The molecule has 3 aromatic rings. The number of fused-ring (bicyclic) bond motifs is 1. The van der Waals surface area contributed by atoms with Crippen LogP contribution in [0.1, 0.15) is 23.4 Å². The Morgan fingerprint density at radius 3 is 3.10 bits per heavy atom. The van der Waals surface area contributed by atoms with Crippen molar-refractivity contribution in [2.24, 2.45) is 0 Å². The maximum Gasteiger partial charge on any atom is 0.275 e. The van der Waals surface area contributed by atoms with Gasteiger partial charge in [-0.3, -0.25) is 4.79 Å². The Kier molecular flexibility index (Phi) is 3.88. The lowest BCUT2D eigenvalue weighted by molar-refractivity contribution is 0.530. The molecule has 0 saturated carbocycles. The van der Waals surface area contributed by atoms with Crippen molar-refractivity contribution in [3.8, 4) is 0 Å². The van der Waals surface area contributed by atoms with Crippen molar-refractivity contribution in [3.63, 3.8) is 0 Å². The average molecular weight is 307 g/mol. The lowest BCUT2D eigenvalue weighted by Gasteiger charge is -1.99. The van der Waals surface area contributed by atoms with E-state index >= 15 is 0 Å². The Morgan fingerprint density at radius 2 is 2.35 bits per heavy atom. The van der Waals surface area contributed by atoms with E-state index in [1.165, 1.54) is 15.9 Å². The predicted molar refractivity (Wildman–Crippen MR) is 80.2 cm³/mol. The van der Waals surface area contributed by atoms with Gasteiger partial charge in [-0.05, 0) is 18.6 Å². The van der Waals surface area contributed by atoms with Crippen LogP contribution in [0.4, 0.5) is 0 Å². The highest BCUT2D eigenvalue weighted by molar-refractivity contribution is 7.97. The molecule has 0 N–H and O–H groups in total. The summed E-state index contributed by atoms with van der Waals surface area (Å²) in [5.41, 5.74) is 0.678. The van der Waals surface area contributed by atoms with Gasteiger partial charge in [-0.1, -0.05) is 18.3 Å². The van der Waals surface area contributed by atoms with Crippen molar-refractivity contribution in [1.29, 1.82) is 0 Å². The minimum atomic E-state index is -0.112. The molecule has 3 rings (SSSR count). The van der Waals surface area contributed by atoms with Crippen molar-refractivity contribution < 1.29 is 4.42 Å². The van der Waals surface area contributed by atoms with Crippen LogP contribution < -0.4 is 5.56 Å². The lowest BCUT2D eigenvalue weighted by atomic mass is 10.4. The van der Waals surface area contributed by atoms with E-state index in [4.69, 9.17) is 4.42 Å². The summed E-state index contributed by atoms with van der Waals surface area (Å²) in [6.45, 7) is 2.02. The Labute approximate surface area is 123 Å². The Balaban J connectivity index is 1.76. The van der Waals surface area contributed by atoms with E-state index in [0.717, 1.165) is 28.6 Å². The summed E-state index contributed by atoms with van der Waals surface area (Å²) < 4.78 is 6.65. The summed E-state index contributed by atoms with van der Waals surface area (Å²) in [7, 11) is 0. The van der Waals surface area contributed by atoms with Gasteiger partial charge in [-0.2, -0.15) is 9.61 Å². The highest BCUT2D eigenvalue weighted by atomic mass is 32.2. The smallest absolute Gasteiger partial charge is 0.275 e. The first-order valence-electron chi connectivity index (χ1n) is 6.25. The molecule has 0 aromatic carbocycles. The van der Waals surface area contributed by atoms with E-state index < -0.39 is 0 Å². The van der Waals surface area contributed by atoms with Crippen molar-refractivity contribution in [3.05, 3.63) is 51.3 Å². The number of nitrogens with zero attached hydrogens (tertiary/aromatic N) is 3. The number of hydrogen-bond acceptors (Lipinski definition) is 6. The second kappa shape index (κ2) is 5.80. The van der Waals surface area contributed by atoms with E-state index in [2.05, 4.69) is 10.1 Å². The standard InChI is InChI=1S/C13H13N3O2S2/c1-2-11-15-16-12(17)6-9(14-13(16)20-11)7-19-8-10-4-3-5-18-10/h3-6H,2,7-8H2,1H3. The molecule has 0 aliphatic rings. The maximum atomic E-state index is 12.0. The molecular weight excluding hydrogens is 294 g/mol. The molecule has 0 amide bonds. The molecule has 104 valence electrons. The zero-order chi connectivity index (χ0) is 13.9. The van der Waals surface area contributed by atoms with E-state index in [1.807, 2.05) is 19.1 Å². The fraction of sp³-hybridized carbons (Fsp3) is 0.308. The first kappa shape index (κ1) is 13.4. The fourth-order valence-electron chi connectivity index (χ4n) is 1.76. The second-order valence-corrected chi connectivity index (χ2v) is 6.23. The topological polar surface area (TPSA) is 60.4 Å². The van der Waals surface area contributed by atoms with Crippen LogP contribution in [-0.2, 0) is 17.9 Å². The molecule has 0 bridgehead atoms. The zero-order valence-corrected chi connectivity index (χ0v) is 12.5. The monoisotopic (exact) mass is 307 g/mol. The van der Waals surface area contributed by atoms with Gasteiger partial charge in [0.1, 0.15) is 10.8 Å². The third-order valence-corrected chi connectivity index (χ3v) is 4.76. The molecule has 0 aliphatic heterocycles. The highest BCUT2D eigenvalue weighted by Crippen LogP contribution is 2.18. The molecule has 0 radical (unpaired) electrons. The number of rotatable bonds is 5. The lowest BCUT2D eigenvalue weighted by Crippen LogP contribution is -2.15. The van der Waals surface area contributed by atoms with Gasteiger partial charge in [-0.25, -0.2) is 4.98 Å². The fourth-order valence-corrected chi connectivity index (χ4v) is 3.45. The number of furan rings is 1. The largest absolute Gasteiger partial charge is 0.468 e. The van der Waals surface area contributed by atoms with Crippen molar-refractivity contribution in [1.82, 2.24) is 14.6 Å². The normalized spacial score (nSPS) is 11.2. The second-order valence-electron chi connectivity index (χ2n) is 4.20. The quantitative estimate of drug-likeness (QED) is 0.725. The van der Waals surface area contributed by atoms with Gasteiger partial charge in [0.2, 0.25) is 4.96 Å². The molecule has 0 atom stereocenters. The van der Waals surface area contributed by atoms with E-state index in [9.17, 15) is 4.79 Å². The summed E-state index contributed by atoms with van der Waals surface area (Å²) in [6, 6.07) is 5.37. The molecule has 0 aliphatic carbocycles. The van der Waals surface area contributed by atoms with Gasteiger partial charge in [0.25, 0.3) is 5.56 Å². The van der Waals surface area contributed by atoms with E-state index in [1.54, 1.807) is 24.1 Å². The third-order valence-electron chi connectivity index (χ3n) is 2.72. The minimum absolute atomic E-state index is 0.112. The summed E-state index contributed by atoms with van der Waals surface area (Å²) in [5.74, 6) is 2.39. The highest BCUT2D eigenvalue weighted by Gasteiger charge is 2.08. The molecule has 0 unspecified atom stereocenters. The van der Waals surface area contributed by atoms with Gasteiger partial charge in [0, 0.05) is 11.8 Å². The van der Waals surface area contributed by atoms with Crippen LogP contribution in [0.3, 0.4) is 0 Å². The van der Waals surface area contributed by atoms with E-state index in [0.29, 0.717) is 10.7 Å². The van der Waals surface area contributed by atoms with Gasteiger partial charge < -0.3 is 4.42 Å². The van der Waals surface area contributed by atoms with Gasteiger partial charge in [0.05, 0.1) is 17.7 Å². The molecule has 0 saturated heterocycles. The number of aromatic nitrogens is 3. The summed E-state index contributed by atoms with van der Waals surface area (Å²) in [6.07, 6.45) is 2.48. The molecule has 0 spiro atoms. The number of aryl methyl sites for hydroxylation is 1. The Morgan fingerprint density at radius 1 is 1.45 bits per heavy atom.